The van der Waals surface area contributed by atoms with Crippen molar-refractivity contribution in [2.24, 2.45) is 0 Å². The number of nitrogens with zero attached hydrogens (tertiary/aromatic N) is 5. The van der Waals surface area contributed by atoms with Gasteiger partial charge in [0, 0.05) is 26.4 Å². The van der Waals surface area contributed by atoms with E-state index >= 15 is 0 Å². The molecule has 0 N–H and O–H groups in total. The van der Waals surface area contributed by atoms with E-state index in [4.69, 9.17) is 0 Å². The van der Waals surface area contributed by atoms with Crippen LogP contribution in [0.3, 0.4) is 0 Å². The number of benzene rings is 2. The number of hydrogen-bond acceptors (Lipinski definition) is 5. The molecular weight excluding hydrogens is 352 g/mol. The second-order valence-corrected chi connectivity index (χ2v) is 6.21. The third-order valence-corrected chi connectivity index (χ3v) is 3.80. The van der Waals surface area contributed by atoms with Crippen LogP contribution in [0, 0.1) is 18.6 Å². The summed E-state index contributed by atoms with van der Waals surface area (Å²) < 4.78 is 28.7. The molecule has 0 saturated carbocycles. The highest BCUT2D eigenvalue weighted by Gasteiger charge is 2.24. The molecule has 0 aliphatic carbocycles. The van der Waals surface area contributed by atoms with E-state index in [9.17, 15) is 13.6 Å². The second kappa shape index (κ2) is 7.45. The minimum absolute atomic E-state index is 0.0797. The van der Waals surface area contributed by atoms with Crippen molar-refractivity contribution < 1.29 is 13.6 Å². The topological polar surface area (TPSA) is 63.9 Å². The van der Waals surface area contributed by atoms with Gasteiger partial charge in [-0.1, -0.05) is 17.7 Å². The molecule has 138 valence electrons. The Kier molecular flexibility index (Phi) is 5.07. The van der Waals surface area contributed by atoms with Crippen LogP contribution >= 0.6 is 0 Å². The molecule has 0 aliphatic heterocycles. The van der Waals surface area contributed by atoms with E-state index in [1.54, 1.807) is 19.0 Å². The van der Waals surface area contributed by atoms with Crippen LogP contribution in [0.1, 0.15) is 21.7 Å². The van der Waals surface area contributed by atoms with Gasteiger partial charge in [-0.25, -0.2) is 8.78 Å². The number of halogens is 2. The Morgan fingerprint density at radius 3 is 2.44 bits per heavy atom. The van der Waals surface area contributed by atoms with E-state index in [0.29, 0.717) is 11.8 Å². The molecule has 0 spiro atoms. The molecule has 1 aromatic heterocycles. The van der Waals surface area contributed by atoms with Crippen molar-refractivity contribution >= 4 is 11.4 Å². The molecule has 3 rings (SSSR count). The maximum absolute atomic E-state index is 14.1. The fourth-order valence-electron chi connectivity index (χ4n) is 2.51. The van der Waals surface area contributed by atoms with E-state index in [1.165, 1.54) is 10.9 Å². The van der Waals surface area contributed by atoms with Gasteiger partial charge < -0.3 is 4.90 Å². The van der Waals surface area contributed by atoms with Crippen molar-refractivity contribution in [3.8, 4) is 5.69 Å². The molecule has 0 atom stereocenters. The molecule has 0 bridgehead atoms. The Hall–Kier alpha value is -3.42. The van der Waals surface area contributed by atoms with Crippen LogP contribution in [0.5, 0.6) is 0 Å². The Balaban J connectivity index is 2.11. The minimum atomic E-state index is -0.945. The number of allylic oxidation sites excluding steroid dienone is 1. The average Bonchev–Trinajstić information content (AvgIpc) is 3.09. The quantitative estimate of drug-likeness (QED) is 0.511. The van der Waals surface area contributed by atoms with Crippen molar-refractivity contribution in [3.63, 3.8) is 0 Å². The Morgan fingerprint density at radius 1 is 1.11 bits per heavy atom. The van der Waals surface area contributed by atoms with Crippen molar-refractivity contribution in [1.29, 1.82) is 0 Å². The van der Waals surface area contributed by atoms with Gasteiger partial charge in [0.2, 0.25) is 5.78 Å². The number of aromatic nitrogens is 4. The number of ketones is 1. The summed E-state index contributed by atoms with van der Waals surface area (Å²) in [6.45, 7) is 1.95. The predicted molar refractivity (Wildman–Crippen MR) is 96.2 cm³/mol. The standard InChI is InChI=1S/C19H17F2N5O/c1-12-4-7-14(8-5-12)26-19(22-23-24-26)16(11-25(2)3)18(27)15-9-6-13(20)10-17(15)21/h4-11H,1-3H3. The number of carbonyl (C=O) groups excluding carboxylic acids is 1. The van der Waals surface area contributed by atoms with E-state index in [0.717, 1.165) is 17.7 Å². The highest BCUT2D eigenvalue weighted by molar-refractivity contribution is 6.28. The average molecular weight is 369 g/mol. The molecule has 27 heavy (non-hydrogen) atoms. The van der Waals surface area contributed by atoms with Gasteiger partial charge in [-0.2, -0.15) is 4.68 Å². The first-order chi connectivity index (χ1) is 12.9. The van der Waals surface area contributed by atoms with Gasteiger partial charge in [0.05, 0.1) is 16.8 Å². The number of rotatable bonds is 5. The molecule has 6 nitrogen and oxygen atoms in total. The summed E-state index contributed by atoms with van der Waals surface area (Å²) in [6, 6.07) is 10.2. The Morgan fingerprint density at radius 2 is 1.81 bits per heavy atom. The summed E-state index contributed by atoms with van der Waals surface area (Å²) in [5, 5.41) is 11.6. The number of hydrogen-bond donors (Lipinski definition) is 0. The predicted octanol–water partition coefficient (Wildman–Crippen LogP) is 3.03. The molecule has 0 amide bonds. The maximum Gasteiger partial charge on any atom is 0.201 e. The second-order valence-electron chi connectivity index (χ2n) is 6.21. The maximum atomic E-state index is 14.1. The number of aryl methyl sites for hydroxylation is 1. The van der Waals surface area contributed by atoms with Crippen molar-refractivity contribution in [2.75, 3.05) is 14.1 Å². The number of carbonyl (C=O) groups is 1. The lowest BCUT2D eigenvalue weighted by Gasteiger charge is -2.12. The van der Waals surface area contributed by atoms with Crippen molar-refractivity contribution in [1.82, 2.24) is 25.1 Å². The first kappa shape index (κ1) is 18.4. The molecule has 0 radical (unpaired) electrons. The Labute approximate surface area is 154 Å². The molecule has 0 fully saturated rings. The normalized spacial score (nSPS) is 11.5. The smallest absolute Gasteiger partial charge is 0.201 e. The monoisotopic (exact) mass is 369 g/mol. The van der Waals surface area contributed by atoms with Gasteiger partial charge in [-0.3, -0.25) is 4.79 Å². The van der Waals surface area contributed by atoms with Crippen LogP contribution in [0.2, 0.25) is 0 Å². The van der Waals surface area contributed by atoms with E-state index in [2.05, 4.69) is 15.5 Å². The molecule has 0 saturated heterocycles. The van der Waals surface area contributed by atoms with Gasteiger partial charge >= 0.3 is 0 Å². The molecular formula is C19H17F2N5O. The van der Waals surface area contributed by atoms with Crippen LogP contribution in [0.25, 0.3) is 11.3 Å². The summed E-state index contributed by atoms with van der Waals surface area (Å²) in [5.74, 6) is -2.20. The number of tetrazole rings is 1. The van der Waals surface area contributed by atoms with Gasteiger partial charge in [-0.05, 0) is 41.6 Å². The molecule has 0 unspecified atom stereocenters. The third-order valence-electron chi connectivity index (χ3n) is 3.80. The fourth-order valence-corrected chi connectivity index (χ4v) is 2.51. The zero-order valence-electron chi connectivity index (χ0n) is 15.0. The van der Waals surface area contributed by atoms with Crippen LogP contribution in [0.15, 0.2) is 48.7 Å². The van der Waals surface area contributed by atoms with Crippen LogP contribution in [-0.4, -0.2) is 45.0 Å². The van der Waals surface area contributed by atoms with Gasteiger partial charge in [0.1, 0.15) is 11.6 Å². The SMILES string of the molecule is Cc1ccc(-n2nnnc2C(=CN(C)C)C(=O)c2ccc(F)cc2F)cc1. The highest BCUT2D eigenvalue weighted by Crippen LogP contribution is 2.23. The fraction of sp³-hybridized carbons (Fsp3) is 0.158. The lowest BCUT2D eigenvalue weighted by molar-refractivity contribution is 0.105. The van der Waals surface area contributed by atoms with Gasteiger partial charge in [0.25, 0.3) is 0 Å². The molecule has 0 aliphatic rings. The van der Waals surface area contributed by atoms with E-state index < -0.39 is 17.4 Å². The number of Topliss-reactive ketones (excluding diaryl/α,β-unsaturated/α-hetero) is 1. The minimum Gasteiger partial charge on any atom is -0.383 e. The largest absolute Gasteiger partial charge is 0.383 e. The van der Waals surface area contributed by atoms with Crippen molar-refractivity contribution in [2.45, 2.75) is 6.92 Å². The zero-order chi connectivity index (χ0) is 19.6. The third kappa shape index (κ3) is 3.89. The zero-order valence-corrected chi connectivity index (χ0v) is 15.0. The first-order valence-corrected chi connectivity index (χ1v) is 8.10. The summed E-state index contributed by atoms with van der Waals surface area (Å²) in [6.07, 6.45) is 1.50. The molecule has 1 heterocycles. The van der Waals surface area contributed by atoms with E-state index in [-0.39, 0.29) is 17.0 Å². The lowest BCUT2D eigenvalue weighted by Crippen LogP contribution is -2.14. The summed E-state index contributed by atoms with van der Waals surface area (Å²) in [4.78, 5) is 14.6. The van der Waals surface area contributed by atoms with Crippen LogP contribution < -0.4 is 0 Å². The highest BCUT2D eigenvalue weighted by atomic mass is 19.1. The van der Waals surface area contributed by atoms with E-state index in [1.807, 2.05) is 31.2 Å². The van der Waals surface area contributed by atoms with Gasteiger partial charge in [0.15, 0.2) is 5.82 Å². The molecule has 8 heteroatoms. The molecule has 2 aromatic carbocycles. The van der Waals surface area contributed by atoms with Crippen LogP contribution in [0.4, 0.5) is 8.78 Å². The summed E-state index contributed by atoms with van der Waals surface area (Å²) >= 11 is 0. The van der Waals surface area contributed by atoms with Crippen molar-refractivity contribution in [3.05, 3.63) is 77.3 Å². The summed E-state index contributed by atoms with van der Waals surface area (Å²) in [7, 11) is 3.43. The van der Waals surface area contributed by atoms with Crippen LogP contribution in [-0.2, 0) is 0 Å². The summed E-state index contributed by atoms with van der Waals surface area (Å²) in [5.41, 5.74) is 1.53. The van der Waals surface area contributed by atoms with Gasteiger partial charge in [-0.15, -0.1) is 5.10 Å². The Bertz CT molecular complexity index is 1010. The lowest BCUT2D eigenvalue weighted by atomic mass is 10.0. The first-order valence-electron chi connectivity index (χ1n) is 8.10. The molecule has 3 aromatic rings.